The Kier molecular flexibility index (Phi) is 5.72. The van der Waals surface area contributed by atoms with E-state index in [1.54, 1.807) is 11.7 Å². The lowest BCUT2D eigenvalue weighted by Crippen LogP contribution is -2.44. The van der Waals surface area contributed by atoms with Crippen molar-refractivity contribution in [2.45, 2.75) is 37.7 Å². The molecule has 2 fully saturated rings. The molecule has 160 valence electrons. The van der Waals surface area contributed by atoms with E-state index in [-0.39, 0.29) is 23.8 Å². The highest BCUT2D eigenvalue weighted by Crippen LogP contribution is 2.35. The van der Waals surface area contributed by atoms with Crippen molar-refractivity contribution in [3.05, 3.63) is 23.9 Å². The predicted octanol–water partition coefficient (Wildman–Crippen LogP) is 0.683. The van der Waals surface area contributed by atoms with Gasteiger partial charge in [0.2, 0.25) is 17.7 Å². The molecule has 30 heavy (non-hydrogen) atoms. The molecule has 1 atom stereocenters. The first-order valence-electron chi connectivity index (χ1n) is 10.4. The van der Waals surface area contributed by atoms with Crippen LogP contribution in [0.4, 0.5) is 0 Å². The number of hydrogen-bond acceptors (Lipinski definition) is 6. The second-order valence-electron chi connectivity index (χ2n) is 7.89. The zero-order valence-electron chi connectivity index (χ0n) is 17.3. The van der Waals surface area contributed by atoms with Crippen LogP contribution < -0.4 is 15.4 Å². The van der Waals surface area contributed by atoms with Crippen LogP contribution in [0.5, 0.6) is 5.75 Å². The van der Waals surface area contributed by atoms with Gasteiger partial charge in [-0.2, -0.15) is 5.10 Å². The number of para-hydroxylation sites is 1. The second-order valence-corrected chi connectivity index (χ2v) is 7.89. The molecule has 4 rings (SSSR count). The van der Waals surface area contributed by atoms with E-state index in [1.165, 1.54) is 0 Å². The molecular weight excluding hydrogens is 386 g/mol. The molecule has 1 aromatic carbocycles. The number of imide groups is 1. The highest BCUT2D eigenvalue weighted by molar-refractivity contribution is 6.02. The van der Waals surface area contributed by atoms with Crippen LogP contribution in [-0.2, 0) is 21.4 Å². The average Bonchev–Trinajstić information content (AvgIpc) is 3.06. The van der Waals surface area contributed by atoms with Gasteiger partial charge in [0.05, 0.1) is 18.2 Å². The Morgan fingerprint density at radius 3 is 2.73 bits per heavy atom. The Morgan fingerprint density at radius 2 is 2.03 bits per heavy atom. The number of aromatic nitrogens is 2. The fourth-order valence-electron chi connectivity index (χ4n) is 4.30. The van der Waals surface area contributed by atoms with Gasteiger partial charge in [-0.15, -0.1) is 0 Å². The van der Waals surface area contributed by atoms with E-state index in [1.807, 2.05) is 30.1 Å². The highest BCUT2D eigenvalue weighted by Gasteiger charge is 2.32. The molecule has 0 spiro atoms. The van der Waals surface area contributed by atoms with E-state index in [9.17, 15) is 14.4 Å². The van der Waals surface area contributed by atoms with Crippen molar-refractivity contribution in [1.29, 1.82) is 0 Å². The van der Waals surface area contributed by atoms with E-state index in [2.05, 4.69) is 15.7 Å². The Labute approximate surface area is 174 Å². The van der Waals surface area contributed by atoms with E-state index in [0.717, 1.165) is 29.5 Å². The lowest BCUT2D eigenvalue weighted by Gasteiger charge is -2.32. The van der Waals surface area contributed by atoms with Crippen LogP contribution in [0.15, 0.2) is 18.2 Å². The normalized spacial score (nSPS) is 20.5. The van der Waals surface area contributed by atoms with Crippen molar-refractivity contribution in [1.82, 2.24) is 25.3 Å². The van der Waals surface area contributed by atoms with Crippen LogP contribution in [0.25, 0.3) is 10.9 Å². The predicted molar refractivity (Wildman–Crippen MR) is 110 cm³/mol. The van der Waals surface area contributed by atoms with Gasteiger partial charge in [0.15, 0.2) is 0 Å². The molecule has 0 saturated carbocycles. The van der Waals surface area contributed by atoms with Crippen molar-refractivity contribution < 1.29 is 19.1 Å². The number of likely N-dealkylation sites (tertiary alicyclic amines) is 1. The molecule has 0 aliphatic carbocycles. The van der Waals surface area contributed by atoms with E-state index < -0.39 is 5.92 Å². The lowest BCUT2D eigenvalue weighted by atomic mass is 9.93. The van der Waals surface area contributed by atoms with Crippen molar-refractivity contribution in [3.63, 3.8) is 0 Å². The number of amides is 3. The van der Waals surface area contributed by atoms with E-state index in [0.29, 0.717) is 38.2 Å². The summed E-state index contributed by atoms with van der Waals surface area (Å²) in [7, 11) is 3.61. The van der Waals surface area contributed by atoms with Crippen molar-refractivity contribution in [3.8, 4) is 5.75 Å². The van der Waals surface area contributed by atoms with Crippen LogP contribution in [0.1, 0.15) is 37.3 Å². The number of rotatable bonds is 5. The quantitative estimate of drug-likeness (QED) is 0.699. The average molecular weight is 413 g/mol. The number of carbonyl (C=O) groups is 3. The number of benzene rings is 1. The molecule has 1 aromatic heterocycles. The van der Waals surface area contributed by atoms with Gasteiger partial charge in [0, 0.05) is 44.8 Å². The maximum Gasteiger partial charge on any atom is 0.236 e. The topological polar surface area (TPSA) is 106 Å². The molecule has 9 nitrogen and oxygen atoms in total. The highest BCUT2D eigenvalue weighted by atomic mass is 16.5. The molecule has 3 amide bonds. The maximum atomic E-state index is 12.3. The Bertz CT molecular complexity index is 977. The molecule has 9 heteroatoms. The van der Waals surface area contributed by atoms with Gasteiger partial charge in [-0.05, 0) is 19.5 Å². The smallest absolute Gasteiger partial charge is 0.236 e. The Morgan fingerprint density at radius 1 is 1.27 bits per heavy atom. The van der Waals surface area contributed by atoms with E-state index in [4.69, 9.17) is 4.74 Å². The van der Waals surface area contributed by atoms with Crippen LogP contribution in [0, 0.1) is 0 Å². The number of hydrogen-bond donors (Lipinski definition) is 2. The van der Waals surface area contributed by atoms with Crippen LogP contribution in [-0.4, -0.2) is 65.2 Å². The largest absolute Gasteiger partial charge is 0.488 e. The zero-order chi connectivity index (χ0) is 21.3. The first kappa shape index (κ1) is 20.3. The van der Waals surface area contributed by atoms with Gasteiger partial charge < -0.3 is 15.0 Å². The standard InChI is InChI=1S/C21H27N5O4/c1-22-12-18(28)26-10-8-13(9-11-26)30-16-5-3-4-14-19(24-25(2)20(14)16)15-6-7-17(27)23-21(15)29/h3-5,13,15,22H,6-12H2,1-2H3,(H,23,27,29). The summed E-state index contributed by atoms with van der Waals surface area (Å²) < 4.78 is 8.06. The molecule has 2 aliphatic heterocycles. The van der Waals surface area contributed by atoms with Crippen LogP contribution in [0.2, 0.25) is 0 Å². The molecule has 0 radical (unpaired) electrons. The van der Waals surface area contributed by atoms with Gasteiger partial charge >= 0.3 is 0 Å². The number of carbonyl (C=O) groups excluding carboxylic acids is 3. The summed E-state index contributed by atoms with van der Waals surface area (Å²) >= 11 is 0. The molecule has 2 aromatic rings. The van der Waals surface area contributed by atoms with Gasteiger partial charge in [0.25, 0.3) is 0 Å². The number of ether oxygens (including phenoxy) is 1. The summed E-state index contributed by atoms with van der Waals surface area (Å²) in [5.74, 6) is -0.140. The number of aryl methyl sites for hydroxylation is 1. The molecule has 3 heterocycles. The third kappa shape index (κ3) is 3.89. The second kappa shape index (κ2) is 8.43. The zero-order valence-corrected chi connectivity index (χ0v) is 17.3. The molecule has 2 aliphatic rings. The third-order valence-electron chi connectivity index (χ3n) is 5.84. The maximum absolute atomic E-state index is 12.3. The Balaban J connectivity index is 1.52. The van der Waals surface area contributed by atoms with E-state index >= 15 is 0 Å². The van der Waals surface area contributed by atoms with Gasteiger partial charge in [0.1, 0.15) is 17.4 Å². The summed E-state index contributed by atoms with van der Waals surface area (Å²) in [4.78, 5) is 37.7. The lowest BCUT2D eigenvalue weighted by molar-refractivity contribution is -0.134. The number of nitrogens with one attached hydrogen (secondary N) is 2. The number of piperidine rings is 2. The summed E-state index contributed by atoms with van der Waals surface area (Å²) in [6.07, 6.45) is 2.33. The third-order valence-corrected chi connectivity index (χ3v) is 5.84. The van der Waals surface area contributed by atoms with Crippen LogP contribution in [0.3, 0.4) is 0 Å². The summed E-state index contributed by atoms with van der Waals surface area (Å²) in [6, 6.07) is 5.75. The molecule has 2 saturated heterocycles. The first-order chi connectivity index (χ1) is 14.5. The Hall–Kier alpha value is -2.94. The number of fused-ring (bicyclic) bond motifs is 1. The summed E-state index contributed by atoms with van der Waals surface area (Å²) in [5, 5.41) is 10.8. The number of likely N-dealkylation sites (N-methyl/N-ethyl adjacent to an activating group) is 1. The van der Waals surface area contributed by atoms with Gasteiger partial charge in [-0.1, -0.05) is 12.1 Å². The monoisotopic (exact) mass is 413 g/mol. The minimum atomic E-state index is -0.442. The first-order valence-corrected chi connectivity index (χ1v) is 10.4. The molecule has 1 unspecified atom stereocenters. The summed E-state index contributed by atoms with van der Waals surface area (Å²) in [6.45, 7) is 1.70. The summed E-state index contributed by atoms with van der Waals surface area (Å²) in [5.41, 5.74) is 1.52. The van der Waals surface area contributed by atoms with Crippen molar-refractivity contribution in [2.24, 2.45) is 7.05 Å². The van der Waals surface area contributed by atoms with Crippen LogP contribution >= 0.6 is 0 Å². The fraction of sp³-hybridized carbons (Fsp3) is 0.524. The van der Waals surface area contributed by atoms with Gasteiger partial charge in [-0.25, -0.2) is 0 Å². The van der Waals surface area contributed by atoms with Crippen molar-refractivity contribution in [2.75, 3.05) is 26.7 Å². The van der Waals surface area contributed by atoms with Gasteiger partial charge in [-0.3, -0.25) is 24.4 Å². The number of nitrogens with zero attached hydrogens (tertiary/aromatic N) is 3. The SMILES string of the molecule is CNCC(=O)N1CCC(Oc2cccc3c(C4CCC(=O)NC4=O)nn(C)c23)CC1. The van der Waals surface area contributed by atoms with Crippen molar-refractivity contribution >= 4 is 28.6 Å². The molecule has 0 bridgehead atoms. The minimum absolute atomic E-state index is 0.0168. The fourth-order valence-corrected chi connectivity index (χ4v) is 4.30. The molecular formula is C21H27N5O4. The molecule has 2 N–H and O–H groups in total. The minimum Gasteiger partial charge on any atom is -0.488 e.